The molecule has 0 aliphatic carbocycles. The van der Waals surface area contributed by atoms with E-state index in [1.165, 1.54) is 138 Å². The Labute approximate surface area is 440 Å². The lowest BCUT2D eigenvalue weighted by Crippen LogP contribution is -2.64. The summed E-state index contributed by atoms with van der Waals surface area (Å²) in [6.07, 6.45) is 0. The first-order valence-corrected chi connectivity index (χ1v) is 26.6. The van der Waals surface area contributed by atoms with Gasteiger partial charge in [0, 0.05) is 62.2 Å². The molecule has 4 nitrogen and oxygen atoms in total. The van der Waals surface area contributed by atoms with Crippen LogP contribution in [0.25, 0.3) is 49.7 Å². The van der Waals surface area contributed by atoms with Gasteiger partial charge < -0.3 is 19.1 Å². The van der Waals surface area contributed by atoms with Gasteiger partial charge in [-0.2, -0.15) is 0 Å². The number of aryl methyl sites for hydroxylation is 9. The molecule has 0 spiro atoms. The van der Waals surface area contributed by atoms with Crippen molar-refractivity contribution >= 4 is 102 Å². The van der Waals surface area contributed by atoms with Crippen LogP contribution in [0, 0.1) is 62.3 Å². The highest BCUT2D eigenvalue weighted by Gasteiger charge is 2.47. The molecule has 1 aromatic heterocycles. The van der Waals surface area contributed by atoms with E-state index in [-0.39, 0.29) is 13.4 Å². The number of benzene rings is 10. The molecule has 5 heterocycles. The largest absolute Gasteiger partial charge is 0.458 e. The molecule has 75 heavy (non-hydrogen) atoms. The summed E-state index contributed by atoms with van der Waals surface area (Å²) in [5.74, 6) is 1.80. The molecule has 4 aliphatic heterocycles. The second-order valence-electron chi connectivity index (χ2n) is 22.4. The zero-order valence-corrected chi connectivity index (χ0v) is 44.1. The highest BCUT2D eigenvalue weighted by atomic mass is 16.5. The Morgan fingerprint density at radius 1 is 0.333 bits per heavy atom. The van der Waals surface area contributed by atoms with Gasteiger partial charge in [0.15, 0.2) is 0 Å². The Kier molecular flexibility index (Phi) is 9.26. The molecule has 10 aromatic carbocycles. The monoisotopic (exact) mass is 963 g/mol. The normalized spacial score (nSPS) is 13.4. The third kappa shape index (κ3) is 6.38. The predicted molar refractivity (Wildman–Crippen MR) is 319 cm³/mol. The Bertz CT molecular complexity index is 4340. The molecule has 11 aromatic rings. The van der Waals surface area contributed by atoms with Crippen molar-refractivity contribution in [2.24, 2.45) is 0 Å². The van der Waals surface area contributed by atoms with Crippen molar-refractivity contribution in [1.82, 2.24) is 4.57 Å². The fourth-order valence-electron chi connectivity index (χ4n) is 13.7. The Balaban J connectivity index is 1.06. The maximum Gasteiger partial charge on any atom is 0.256 e. The van der Waals surface area contributed by atoms with Gasteiger partial charge in [-0.25, -0.2) is 0 Å². The second kappa shape index (κ2) is 15.8. The quantitative estimate of drug-likeness (QED) is 0.164. The van der Waals surface area contributed by atoms with Crippen LogP contribution in [-0.2, 0) is 0 Å². The SMILES string of the molecule is Cc1ccc(N2c3ccc(C)cc3B3c4cc5c(cc4Oc4cc(-c6ccc(C)cc6C)cc2c43)N(c2ccc(C)cc2)c2cc(-c3ccc(C)cc3C)cc3c2B5c2cc(C)cc4c5cc(C)ccc5n-3c24)cc1. The number of hydrogen-bond acceptors (Lipinski definition) is 3. The zero-order chi connectivity index (χ0) is 50.9. The van der Waals surface area contributed by atoms with E-state index >= 15 is 0 Å². The molecule has 4 aliphatic rings. The number of nitrogens with zero attached hydrogens (tertiary/aromatic N) is 3. The lowest BCUT2D eigenvalue weighted by Gasteiger charge is -2.43. The summed E-state index contributed by atoms with van der Waals surface area (Å²) >= 11 is 0. The van der Waals surface area contributed by atoms with Crippen LogP contribution in [0.4, 0.5) is 34.1 Å². The first kappa shape index (κ1) is 44.1. The predicted octanol–water partition coefficient (Wildman–Crippen LogP) is 13.9. The van der Waals surface area contributed by atoms with Crippen LogP contribution in [0.3, 0.4) is 0 Å². The van der Waals surface area contributed by atoms with Gasteiger partial charge in [0.05, 0.1) is 5.52 Å². The Hall–Kier alpha value is -8.47. The molecule has 0 fully saturated rings. The number of aromatic nitrogens is 1. The highest BCUT2D eigenvalue weighted by Crippen LogP contribution is 2.48. The molecule has 6 heteroatoms. The van der Waals surface area contributed by atoms with Crippen LogP contribution < -0.4 is 47.3 Å². The van der Waals surface area contributed by atoms with Gasteiger partial charge in [0.1, 0.15) is 11.5 Å². The maximum atomic E-state index is 7.61. The summed E-state index contributed by atoms with van der Waals surface area (Å²) in [7, 11) is 0. The molecule has 0 atom stereocenters. The van der Waals surface area contributed by atoms with Crippen molar-refractivity contribution in [2.75, 3.05) is 9.80 Å². The van der Waals surface area contributed by atoms with Gasteiger partial charge in [-0.15, -0.1) is 0 Å². The smallest absolute Gasteiger partial charge is 0.256 e. The third-order valence-corrected chi connectivity index (χ3v) is 17.0. The summed E-state index contributed by atoms with van der Waals surface area (Å²) in [5.41, 5.74) is 34.5. The van der Waals surface area contributed by atoms with Crippen molar-refractivity contribution in [3.05, 3.63) is 220 Å². The summed E-state index contributed by atoms with van der Waals surface area (Å²) < 4.78 is 10.2. The highest BCUT2D eigenvalue weighted by molar-refractivity contribution is 7.02. The second-order valence-corrected chi connectivity index (χ2v) is 22.4. The van der Waals surface area contributed by atoms with E-state index in [1.54, 1.807) is 0 Å². The van der Waals surface area contributed by atoms with Crippen molar-refractivity contribution in [3.63, 3.8) is 0 Å². The van der Waals surface area contributed by atoms with Crippen molar-refractivity contribution < 1.29 is 4.74 Å². The fourth-order valence-corrected chi connectivity index (χ4v) is 13.7. The van der Waals surface area contributed by atoms with E-state index in [1.807, 2.05) is 0 Å². The number of fused-ring (bicyclic) bond motifs is 11. The first-order valence-electron chi connectivity index (χ1n) is 26.6. The van der Waals surface area contributed by atoms with E-state index in [9.17, 15) is 0 Å². The third-order valence-electron chi connectivity index (χ3n) is 17.0. The van der Waals surface area contributed by atoms with E-state index < -0.39 is 0 Å². The molecule has 0 N–H and O–H groups in total. The first-order chi connectivity index (χ1) is 36.3. The van der Waals surface area contributed by atoms with E-state index in [2.05, 4.69) is 247 Å². The average Bonchev–Trinajstić information content (AvgIpc) is 3.94. The molecular formula is C69H55B2N3O. The number of anilines is 6. The molecule has 358 valence electrons. The summed E-state index contributed by atoms with van der Waals surface area (Å²) in [6.45, 7) is 19.8. The number of ether oxygens (including phenoxy) is 1. The Morgan fingerprint density at radius 2 is 0.840 bits per heavy atom. The standard InChI is InChI=1S/C69H55B2N3O/c1-38-10-18-49(19-11-38)72-60-25-17-43(6)30-55(60)70-57-36-56-61(37-65(57)75-66-35-48(34-64(72)68(66)70)52-23-15-41(4)27-46(52)9)73(50-20-12-39(2)13-21-50)62-32-47(51-22-14-40(3)26-45(51)8)33-63-67(62)71(56)58-31-44(7)29-54-53-28-42(5)16-24-59(53)74(63)69(54)58/h10-37H,1-9H3. The van der Waals surface area contributed by atoms with Gasteiger partial charge in [0.25, 0.3) is 13.4 Å². The molecule has 15 rings (SSSR count). The van der Waals surface area contributed by atoms with Crippen molar-refractivity contribution in [2.45, 2.75) is 62.3 Å². The molecule has 0 bridgehead atoms. The van der Waals surface area contributed by atoms with E-state index in [4.69, 9.17) is 4.74 Å². The topological polar surface area (TPSA) is 20.6 Å². The minimum atomic E-state index is -0.0927. The van der Waals surface area contributed by atoms with Crippen LogP contribution in [0.2, 0.25) is 0 Å². The van der Waals surface area contributed by atoms with Gasteiger partial charge in [-0.3, -0.25) is 0 Å². The fraction of sp³-hybridized carbons (Fsp3) is 0.130. The molecular weight excluding hydrogens is 908 g/mol. The minimum absolute atomic E-state index is 0.0668. The molecule has 0 radical (unpaired) electrons. The molecule has 0 saturated carbocycles. The molecule has 0 unspecified atom stereocenters. The molecule has 0 saturated heterocycles. The zero-order valence-electron chi connectivity index (χ0n) is 44.1. The van der Waals surface area contributed by atoms with Crippen LogP contribution in [0.5, 0.6) is 11.5 Å². The summed E-state index contributed by atoms with van der Waals surface area (Å²) in [6, 6.07) is 65.6. The molecule has 0 amide bonds. The van der Waals surface area contributed by atoms with Gasteiger partial charge in [-0.1, -0.05) is 130 Å². The van der Waals surface area contributed by atoms with Crippen LogP contribution in [0.15, 0.2) is 170 Å². The van der Waals surface area contributed by atoms with Gasteiger partial charge >= 0.3 is 0 Å². The van der Waals surface area contributed by atoms with Crippen LogP contribution >= 0.6 is 0 Å². The lowest BCUT2D eigenvalue weighted by molar-refractivity contribution is 0.488. The minimum Gasteiger partial charge on any atom is -0.458 e. The summed E-state index contributed by atoms with van der Waals surface area (Å²) in [4.78, 5) is 5.04. The lowest BCUT2D eigenvalue weighted by atomic mass is 9.30. The van der Waals surface area contributed by atoms with Crippen LogP contribution in [-0.4, -0.2) is 18.0 Å². The number of rotatable bonds is 4. The van der Waals surface area contributed by atoms with Crippen molar-refractivity contribution in [1.29, 1.82) is 0 Å². The maximum absolute atomic E-state index is 7.61. The average molecular weight is 964 g/mol. The van der Waals surface area contributed by atoms with Crippen molar-refractivity contribution in [3.8, 4) is 39.4 Å². The van der Waals surface area contributed by atoms with E-state index in [0.29, 0.717) is 0 Å². The van der Waals surface area contributed by atoms with Crippen LogP contribution in [0.1, 0.15) is 50.1 Å². The summed E-state index contributed by atoms with van der Waals surface area (Å²) in [5, 5.41) is 2.60. The Morgan fingerprint density at radius 3 is 1.51 bits per heavy atom. The number of hydrogen-bond donors (Lipinski definition) is 0. The van der Waals surface area contributed by atoms with E-state index in [0.717, 1.165) is 39.8 Å². The van der Waals surface area contributed by atoms with Gasteiger partial charge in [-0.05, 0) is 201 Å². The van der Waals surface area contributed by atoms with Gasteiger partial charge in [0.2, 0.25) is 0 Å².